The fourth-order valence-electron chi connectivity index (χ4n) is 2.84. The first-order valence-corrected chi connectivity index (χ1v) is 6.78. The highest BCUT2D eigenvalue weighted by molar-refractivity contribution is 5.59. The molecule has 2 rings (SSSR count). The van der Waals surface area contributed by atoms with Crippen LogP contribution in [0.25, 0.3) is 0 Å². The van der Waals surface area contributed by atoms with E-state index in [9.17, 15) is 0 Å². The van der Waals surface area contributed by atoms with Gasteiger partial charge in [0, 0.05) is 19.1 Å². The van der Waals surface area contributed by atoms with E-state index in [1.807, 2.05) is 18.2 Å². The number of para-hydroxylation sites is 1. The minimum Gasteiger partial charge on any atom is -0.369 e. The number of rotatable bonds is 4. The van der Waals surface area contributed by atoms with Crippen molar-refractivity contribution in [2.24, 2.45) is 0 Å². The fraction of sp³-hybridized carbons (Fsp3) is 0.533. The highest BCUT2D eigenvalue weighted by Gasteiger charge is 2.27. The summed E-state index contributed by atoms with van der Waals surface area (Å²) in [6, 6.07) is 10.8. The third kappa shape index (κ3) is 2.49. The van der Waals surface area contributed by atoms with E-state index in [-0.39, 0.29) is 0 Å². The molecule has 0 amide bonds. The first kappa shape index (κ1) is 12.9. The summed E-state index contributed by atoms with van der Waals surface area (Å²) in [6.45, 7) is 8.74. The van der Waals surface area contributed by atoms with Gasteiger partial charge in [0.2, 0.25) is 0 Å². The average molecular weight is 243 g/mol. The Hall–Kier alpha value is -1.53. The van der Waals surface area contributed by atoms with Crippen LogP contribution in [0.1, 0.15) is 25.8 Å². The number of anilines is 1. The third-order valence-corrected chi connectivity index (χ3v) is 3.86. The van der Waals surface area contributed by atoms with Crippen LogP contribution >= 0.6 is 0 Å². The molecule has 0 spiro atoms. The van der Waals surface area contributed by atoms with Crippen molar-refractivity contribution in [1.82, 2.24) is 4.90 Å². The maximum atomic E-state index is 9.16. The Labute approximate surface area is 110 Å². The molecule has 0 aromatic heterocycles. The second-order valence-electron chi connectivity index (χ2n) is 4.74. The molecule has 1 atom stereocenters. The Morgan fingerprint density at radius 1 is 1.33 bits per heavy atom. The monoisotopic (exact) mass is 243 g/mol. The molecule has 96 valence electrons. The summed E-state index contributed by atoms with van der Waals surface area (Å²) in [5.74, 6) is 0. The van der Waals surface area contributed by atoms with E-state index in [0.717, 1.165) is 37.4 Å². The third-order valence-electron chi connectivity index (χ3n) is 3.86. The summed E-state index contributed by atoms with van der Waals surface area (Å²) >= 11 is 0. The van der Waals surface area contributed by atoms with Gasteiger partial charge in [-0.05, 0) is 31.6 Å². The maximum absolute atomic E-state index is 9.16. The highest BCUT2D eigenvalue weighted by atomic mass is 15.2. The summed E-state index contributed by atoms with van der Waals surface area (Å²) < 4.78 is 0. The van der Waals surface area contributed by atoms with Crippen molar-refractivity contribution in [3.63, 3.8) is 0 Å². The highest BCUT2D eigenvalue weighted by Crippen LogP contribution is 2.25. The molecule has 0 N–H and O–H groups in total. The summed E-state index contributed by atoms with van der Waals surface area (Å²) in [5.41, 5.74) is 1.88. The van der Waals surface area contributed by atoms with E-state index in [1.165, 1.54) is 6.42 Å². The second kappa shape index (κ2) is 5.88. The molecule has 1 fully saturated rings. The van der Waals surface area contributed by atoms with Gasteiger partial charge in [-0.15, -0.1) is 0 Å². The molecule has 1 saturated heterocycles. The van der Waals surface area contributed by atoms with E-state index in [0.29, 0.717) is 6.04 Å². The lowest BCUT2D eigenvalue weighted by molar-refractivity contribution is 0.232. The van der Waals surface area contributed by atoms with Crippen LogP contribution in [0.2, 0.25) is 0 Å². The zero-order chi connectivity index (χ0) is 13.0. The second-order valence-corrected chi connectivity index (χ2v) is 4.74. The van der Waals surface area contributed by atoms with Crippen LogP contribution in [-0.2, 0) is 0 Å². The topological polar surface area (TPSA) is 30.3 Å². The number of hydrogen-bond donors (Lipinski definition) is 0. The minimum atomic E-state index is 0.631. The van der Waals surface area contributed by atoms with Gasteiger partial charge in [0.25, 0.3) is 0 Å². The molecule has 0 aliphatic carbocycles. The van der Waals surface area contributed by atoms with Gasteiger partial charge >= 0.3 is 0 Å². The van der Waals surface area contributed by atoms with Crippen molar-refractivity contribution in [3.8, 4) is 6.07 Å². The molecule has 1 aromatic carbocycles. The van der Waals surface area contributed by atoms with Gasteiger partial charge in [0.15, 0.2) is 0 Å². The number of likely N-dealkylation sites (N-methyl/N-ethyl adjacent to an activating group) is 1. The summed E-state index contributed by atoms with van der Waals surface area (Å²) in [4.78, 5) is 4.86. The Morgan fingerprint density at radius 2 is 2.06 bits per heavy atom. The maximum Gasteiger partial charge on any atom is 0.101 e. The molecule has 3 nitrogen and oxygen atoms in total. The molecule has 1 unspecified atom stereocenters. The van der Waals surface area contributed by atoms with Crippen molar-refractivity contribution < 1.29 is 0 Å². The summed E-state index contributed by atoms with van der Waals surface area (Å²) in [5, 5.41) is 9.16. The van der Waals surface area contributed by atoms with Crippen LogP contribution in [0.4, 0.5) is 5.69 Å². The van der Waals surface area contributed by atoms with Gasteiger partial charge in [0.1, 0.15) is 6.07 Å². The predicted octanol–water partition coefficient (Wildman–Crippen LogP) is 2.48. The zero-order valence-electron chi connectivity index (χ0n) is 11.3. The largest absolute Gasteiger partial charge is 0.369 e. The molecule has 3 heteroatoms. The van der Waals surface area contributed by atoms with Crippen molar-refractivity contribution in [3.05, 3.63) is 29.8 Å². The lowest BCUT2D eigenvalue weighted by atomic mass is 10.2. The summed E-state index contributed by atoms with van der Waals surface area (Å²) in [7, 11) is 0. The zero-order valence-corrected chi connectivity index (χ0v) is 11.3. The Bertz CT molecular complexity index is 432. The number of benzene rings is 1. The first-order valence-electron chi connectivity index (χ1n) is 6.78. The van der Waals surface area contributed by atoms with E-state index in [2.05, 4.69) is 35.8 Å². The average Bonchev–Trinajstić information content (AvgIpc) is 2.89. The number of nitriles is 1. The lowest BCUT2D eigenvalue weighted by Gasteiger charge is -2.26. The number of nitrogens with zero attached hydrogens (tertiary/aromatic N) is 3. The molecule has 18 heavy (non-hydrogen) atoms. The molecule has 0 radical (unpaired) electrons. The predicted molar refractivity (Wildman–Crippen MR) is 74.7 cm³/mol. The molecular formula is C15H21N3. The van der Waals surface area contributed by atoms with Crippen LogP contribution in [0.3, 0.4) is 0 Å². The van der Waals surface area contributed by atoms with Gasteiger partial charge in [-0.25, -0.2) is 0 Å². The SMILES string of the molecule is CCN(CC)C1CCN(c2ccccc2C#N)C1. The van der Waals surface area contributed by atoms with Crippen LogP contribution in [-0.4, -0.2) is 37.1 Å². The van der Waals surface area contributed by atoms with E-state index in [4.69, 9.17) is 5.26 Å². The molecule has 1 aliphatic rings. The smallest absolute Gasteiger partial charge is 0.101 e. The molecule has 1 heterocycles. The minimum absolute atomic E-state index is 0.631. The Balaban J connectivity index is 2.11. The van der Waals surface area contributed by atoms with Crippen molar-refractivity contribution in [1.29, 1.82) is 5.26 Å². The normalized spacial score (nSPS) is 19.2. The van der Waals surface area contributed by atoms with Gasteiger partial charge in [-0.1, -0.05) is 26.0 Å². The summed E-state index contributed by atoms with van der Waals surface area (Å²) in [6.07, 6.45) is 1.20. The van der Waals surface area contributed by atoms with Gasteiger partial charge in [-0.2, -0.15) is 5.26 Å². The van der Waals surface area contributed by atoms with Gasteiger partial charge in [-0.3, -0.25) is 4.90 Å². The van der Waals surface area contributed by atoms with Crippen LogP contribution in [0.5, 0.6) is 0 Å². The first-order chi connectivity index (χ1) is 8.80. The van der Waals surface area contributed by atoms with Crippen LogP contribution < -0.4 is 4.90 Å². The molecular weight excluding hydrogens is 222 g/mol. The molecule has 0 saturated carbocycles. The van der Waals surface area contributed by atoms with Gasteiger partial charge < -0.3 is 4.90 Å². The lowest BCUT2D eigenvalue weighted by Crippen LogP contribution is -2.37. The van der Waals surface area contributed by atoms with Crippen molar-refractivity contribution in [2.75, 3.05) is 31.1 Å². The van der Waals surface area contributed by atoms with E-state index >= 15 is 0 Å². The number of hydrogen-bond acceptors (Lipinski definition) is 3. The fourth-order valence-corrected chi connectivity index (χ4v) is 2.84. The Morgan fingerprint density at radius 3 is 2.72 bits per heavy atom. The van der Waals surface area contributed by atoms with E-state index < -0.39 is 0 Å². The van der Waals surface area contributed by atoms with Crippen molar-refractivity contribution >= 4 is 5.69 Å². The van der Waals surface area contributed by atoms with Crippen LogP contribution in [0, 0.1) is 11.3 Å². The Kier molecular flexibility index (Phi) is 4.22. The van der Waals surface area contributed by atoms with Gasteiger partial charge in [0.05, 0.1) is 11.3 Å². The standard InChI is InChI=1S/C15H21N3/c1-3-17(4-2)14-9-10-18(12-14)15-8-6-5-7-13(15)11-16/h5-8,14H,3-4,9-10,12H2,1-2H3. The quantitative estimate of drug-likeness (QED) is 0.814. The van der Waals surface area contributed by atoms with E-state index in [1.54, 1.807) is 0 Å². The van der Waals surface area contributed by atoms with Crippen LogP contribution in [0.15, 0.2) is 24.3 Å². The molecule has 1 aliphatic heterocycles. The van der Waals surface area contributed by atoms with Crippen molar-refractivity contribution in [2.45, 2.75) is 26.3 Å². The molecule has 0 bridgehead atoms. The molecule has 1 aromatic rings.